The predicted molar refractivity (Wildman–Crippen MR) is 92.4 cm³/mol. The number of thiophene rings is 1. The second-order valence-electron chi connectivity index (χ2n) is 5.21. The number of carbonyl (C=O) groups excluding carboxylic acids is 1. The number of nitrogens with two attached hydrogens (primary N) is 1. The van der Waals surface area contributed by atoms with E-state index in [0.29, 0.717) is 20.8 Å². The molecule has 0 atom stereocenters. The van der Waals surface area contributed by atoms with E-state index in [1.54, 1.807) is 13.0 Å². The number of nitrogen functional groups attached to an aromatic ring is 1. The summed E-state index contributed by atoms with van der Waals surface area (Å²) in [6, 6.07) is 5.86. The van der Waals surface area contributed by atoms with Gasteiger partial charge in [-0.05, 0) is 30.7 Å². The number of nitrogens with one attached hydrogen (secondary N) is 1. The van der Waals surface area contributed by atoms with Gasteiger partial charge in [0.15, 0.2) is 0 Å². The predicted octanol–water partition coefficient (Wildman–Crippen LogP) is 5.08. The first kappa shape index (κ1) is 17.1. The van der Waals surface area contributed by atoms with Gasteiger partial charge in [-0.3, -0.25) is 4.79 Å². The van der Waals surface area contributed by atoms with Crippen molar-refractivity contribution < 1.29 is 18.6 Å². The zero-order valence-electron chi connectivity index (χ0n) is 12.3. The highest BCUT2D eigenvalue weighted by Gasteiger charge is 2.26. The first-order chi connectivity index (χ1) is 11.3. The number of aromatic nitrogens is 1. The number of fused-ring (bicyclic) bond motifs is 1. The first-order valence-corrected chi connectivity index (χ1v) is 8.39. The van der Waals surface area contributed by atoms with Gasteiger partial charge in [-0.1, -0.05) is 34.5 Å². The average molecular weight is 388 g/mol. The van der Waals surface area contributed by atoms with Gasteiger partial charge in [0.2, 0.25) is 11.5 Å². The molecule has 0 saturated carbocycles. The van der Waals surface area contributed by atoms with E-state index < -0.39 is 6.43 Å². The molecule has 0 aliphatic heterocycles. The van der Waals surface area contributed by atoms with Gasteiger partial charge in [-0.25, -0.2) is 0 Å². The molecule has 0 spiro atoms. The van der Waals surface area contributed by atoms with Gasteiger partial charge in [0.25, 0.3) is 4.83 Å². The summed E-state index contributed by atoms with van der Waals surface area (Å²) in [6.07, 6.45) is -2.64. The van der Waals surface area contributed by atoms with Crippen LogP contribution >= 0.6 is 34.5 Å². The standard InChI is InChI=1S/C16H10Cl2F2N2OS/c1-6-4-10(15(19)20)22-16-11(6)12(21)14(24-16)13(23)8-3-2-7(17)5-9(8)18/h2-5,15H,21H2,1H3/p+1. The van der Waals surface area contributed by atoms with Gasteiger partial charge in [-0.2, -0.15) is 13.8 Å². The van der Waals surface area contributed by atoms with Crippen LogP contribution < -0.4 is 10.7 Å². The number of halogens is 4. The summed E-state index contributed by atoms with van der Waals surface area (Å²) in [5.41, 5.74) is 6.96. The van der Waals surface area contributed by atoms with Crippen molar-refractivity contribution >= 4 is 56.2 Å². The van der Waals surface area contributed by atoms with Crippen molar-refractivity contribution in [2.45, 2.75) is 13.3 Å². The Morgan fingerprint density at radius 1 is 1.29 bits per heavy atom. The number of rotatable bonds is 3. The maximum Gasteiger partial charge on any atom is 0.320 e. The Labute approximate surface area is 150 Å². The van der Waals surface area contributed by atoms with Crippen LogP contribution in [-0.4, -0.2) is 5.78 Å². The molecule has 2 heterocycles. The molecule has 24 heavy (non-hydrogen) atoms. The van der Waals surface area contributed by atoms with Gasteiger partial charge in [0.1, 0.15) is 4.88 Å². The number of H-pyrrole nitrogens is 1. The second kappa shape index (κ2) is 6.27. The number of anilines is 1. The highest BCUT2D eigenvalue weighted by atomic mass is 35.5. The van der Waals surface area contributed by atoms with Crippen LogP contribution in [0.4, 0.5) is 14.5 Å². The van der Waals surface area contributed by atoms with E-state index >= 15 is 0 Å². The Kier molecular flexibility index (Phi) is 4.46. The largest absolute Gasteiger partial charge is 0.397 e. The van der Waals surface area contributed by atoms with Crippen molar-refractivity contribution in [2.75, 3.05) is 5.73 Å². The van der Waals surface area contributed by atoms with Crippen LogP contribution in [0.2, 0.25) is 10.0 Å². The van der Waals surface area contributed by atoms with Crippen LogP contribution in [0.25, 0.3) is 10.2 Å². The first-order valence-electron chi connectivity index (χ1n) is 6.82. The lowest BCUT2D eigenvalue weighted by atomic mass is 10.1. The summed E-state index contributed by atoms with van der Waals surface area (Å²) >= 11 is 12.9. The molecule has 0 unspecified atom stereocenters. The fourth-order valence-corrected chi connectivity index (χ4v) is 4.13. The minimum absolute atomic E-state index is 0.207. The molecule has 3 rings (SSSR count). The lowest BCUT2D eigenvalue weighted by Gasteiger charge is -2.03. The van der Waals surface area contributed by atoms with Crippen molar-refractivity contribution in [3.05, 3.63) is 56.0 Å². The maximum atomic E-state index is 12.9. The van der Waals surface area contributed by atoms with Crippen molar-refractivity contribution in [1.29, 1.82) is 0 Å². The highest BCUT2D eigenvalue weighted by molar-refractivity contribution is 7.21. The Hall–Kier alpha value is -1.76. The van der Waals surface area contributed by atoms with Crippen LogP contribution in [0.5, 0.6) is 0 Å². The van der Waals surface area contributed by atoms with Crippen molar-refractivity contribution in [3.8, 4) is 0 Å². The Balaban J connectivity index is 2.18. The molecular formula is C16H11Cl2F2N2OS+. The van der Waals surface area contributed by atoms with E-state index in [1.807, 2.05) is 0 Å². The van der Waals surface area contributed by atoms with E-state index in [-0.39, 0.29) is 32.6 Å². The topological polar surface area (TPSA) is 57.2 Å². The minimum Gasteiger partial charge on any atom is -0.397 e. The molecule has 0 radical (unpaired) electrons. The van der Waals surface area contributed by atoms with E-state index in [0.717, 1.165) is 11.3 Å². The van der Waals surface area contributed by atoms with E-state index in [4.69, 9.17) is 28.9 Å². The number of benzene rings is 1. The third-order valence-electron chi connectivity index (χ3n) is 3.59. The quantitative estimate of drug-likeness (QED) is 0.636. The summed E-state index contributed by atoms with van der Waals surface area (Å²) in [5, 5.41) is 1.18. The summed E-state index contributed by atoms with van der Waals surface area (Å²) in [4.78, 5) is 16.1. The number of aromatic amines is 1. The van der Waals surface area contributed by atoms with E-state index in [1.165, 1.54) is 18.2 Å². The molecule has 0 amide bonds. The fraction of sp³-hybridized carbons (Fsp3) is 0.125. The minimum atomic E-state index is -2.64. The molecule has 3 aromatic rings. The molecule has 0 aliphatic carbocycles. The molecule has 3 nitrogen and oxygen atoms in total. The fourth-order valence-electron chi connectivity index (χ4n) is 2.48. The molecule has 124 valence electrons. The van der Waals surface area contributed by atoms with Crippen LogP contribution in [0, 0.1) is 6.92 Å². The number of hydrogen-bond acceptors (Lipinski definition) is 3. The zero-order chi connectivity index (χ0) is 17.6. The number of alkyl halides is 2. The molecule has 8 heteroatoms. The number of ketones is 1. The molecule has 3 N–H and O–H groups in total. The van der Waals surface area contributed by atoms with Crippen LogP contribution in [0.1, 0.15) is 32.9 Å². The number of hydrogen-bond donors (Lipinski definition) is 1. The Bertz CT molecular complexity index is 972. The number of pyridine rings is 1. The third kappa shape index (κ3) is 2.85. The third-order valence-corrected chi connectivity index (χ3v) is 5.25. The summed E-state index contributed by atoms with van der Waals surface area (Å²) in [5.74, 6) is -0.373. The smallest absolute Gasteiger partial charge is 0.320 e. The van der Waals surface area contributed by atoms with Crippen LogP contribution in [0.15, 0.2) is 24.3 Å². The van der Waals surface area contributed by atoms with E-state index in [2.05, 4.69) is 4.98 Å². The summed E-state index contributed by atoms with van der Waals surface area (Å²) < 4.78 is 25.9. The molecule has 0 saturated heterocycles. The van der Waals surface area contributed by atoms with Crippen LogP contribution in [0.3, 0.4) is 0 Å². The van der Waals surface area contributed by atoms with Crippen LogP contribution in [-0.2, 0) is 0 Å². The van der Waals surface area contributed by atoms with Crippen molar-refractivity contribution in [1.82, 2.24) is 0 Å². The lowest BCUT2D eigenvalue weighted by Crippen LogP contribution is -2.11. The Morgan fingerprint density at radius 2 is 2.00 bits per heavy atom. The Morgan fingerprint density at radius 3 is 2.62 bits per heavy atom. The SMILES string of the molecule is Cc1cc(C(F)F)[nH+]c2sc(C(=O)c3ccc(Cl)cc3Cl)c(N)c12. The molecule has 2 aromatic heterocycles. The number of carbonyl (C=O) groups is 1. The van der Waals surface area contributed by atoms with Gasteiger partial charge >= 0.3 is 6.43 Å². The second-order valence-corrected chi connectivity index (χ2v) is 7.07. The van der Waals surface area contributed by atoms with Gasteiger partial charge in [0.05, 0.1) is 16.1 Å². The monoisotopic (exact) mass is 387 g/mol. The molecular weight excluding hydrogens is 377 g/mol. The van der Waals surface area contributed by atoms with Gasteiger partial charge in [0, 0.05) is 16.7 Å². The molecule has 1 aromatic carbocycles. The van der Waals surface area contributed by atoms with Gasteiger partial charge < -0.3 is 5.73 Å². The maximum absolute atomic E-state index is 12.9. The lowest BCUT2D eigenvalue weighted by molar-refractivity contribution is -0.368. The van der Waals surface area contributed by atoms with Crippen molar-refractivity contribution in [3.63, 3.8) is 0 Å². The van der Waals surface area contributed by atoms with Crippen molar-refractivity contribution in [2.24, 2.45) is 0 Å². The number of aryl methyl sites for hydroxylation is 1. The summed E-state index contributed by atoms with van der Waals surface area (Å²) in [7, 11) is 0. The molecule has 0 aliphatic rings. The summed E-state index contributed by atoms with van der Waals surface area (Å²) in [6.45, 7) is 1.68. The highest BCUT2D eigenvalue weighted by Crippen LogP contribution is 2.37. The normalized spacial score (nSPS) is 11.4. The molecule has 0 fully saturated rings. The average Bonchev–Trinajstić information content (AvgIpc) is 2.84. The van der Waals surface area contributed by atoms with Gasteiger partial charge in [-0.15, -0.1) is 0 Å². The zero-order valence-corrected chi connectivity index (χ0v) is 14.6. The van der Waals surface area contributed by atoms with E-state index in [9.17, 15) is 13.6 Å². The molecule has 0 bridgehead atoms.